The van der Waals surface area contributed by atoms with Gasteiger partial charge in [0, 0.05) is 11.8 Å². The quantitative estimate of drug-likeness (QED) is 0.763. The minimum absolute atomic E-state index is 0.00537. The van der Waals surface area contributed by atoms with Gasteiger partial charge in [0.15, 0.2) is 6.29 Å². The SMILES string of the molecule is O=Cc1ncc(C(F)(F)F)cc1-c1ccccc1. The van der Waals surface area contributed by atoms with Gasteiger partial charge in [0.2, 0.25) is 0 Å². The van der Waals surface area contributed by atoms with Crippen molar-refractivity contribution in [3.63, 3.8) is 0 Å². The average Bonchev–Trinajstić information content (AvgIpc) is 2.38. The van der Waals surface area contributed by atoms with E-state index in [-0.39, 0.29) is 11.3 Å². The molecule has 1 aromatic carbocycles. The van der Waals surface area contributed by atoms with E-state index in [0.29, 0.717) is 18.0 Å². The van der Waals surface area contributed by atoms with Gasteiger partial charge in [-0.05, 0) is 11.6 Å². The molecule has 2 rings (SSSR count). The summed E-state index contributed by atoms with van der Waals surface area (Å²) in [5, 5.41) is 0. The predicted octanol–water partition coefficient (Wildman–Crippen LogP) is 3.58. The van der Waals surface area contributed by atoms with Crippen LogP contribution in [0, 0.1) is 0 Å². The Labute approximate surface area is 101 Å². The zero-order valence-corrected chi connectivity index (χ0v) is 9.11. The van der Waals surface area contributed by atoms with Gasteiger partial charge in [-0.25, -0.2) is 0 Å². The highest BCUT2D eigenvalue weighted by Gasteiger charge is 2.31. The highest BCUT2D eigenvalue weighted by atomic mass is 19.4. The summed E-state index contributed by atoms with van der Waals surface area (Å²) in [6, 6.07) is 9.31. The molecule has 2 nitrogen and oxygen atoms in total. The summed E-state index contributed by atoms with van der Waals surface area (Å²) in [5.74, 6) is 0. The van der Waals surface area contributed by atoms with Crippen molar-refractivity contribution >= 4 is 6.29 Å². The van der Waals surface area contributed by atoms with E-state index in [9.17, 15) is 18.0 Å². The van der Waals surface area contributed by atoms with Crippen LogP contribution in [0.3, 0.4) is 0 Å². The third-order valence-corrected chi connectivity index (χ3v) is 2.44. The maximum absolute atomic E-state index is 12.6. The Kier molecular flexibility index (Phi) is 3.14. The van der Waals surface area contributed by atoms with Crippen molar-refractivity contribution in [2.45, 2.75) is 6.18 Å². The van der Waals surface area contributed by atoms with E-state index < -0.39 is 11.7 Å². The summed E-state index contributed by atoms with van der Waals surface area (Å²) in [4.78, 5) is 14.4. The number of halogens is 3. The van der Waals surface area contributed by atoms with Gasteiger partial charge in [-0.3, -0.25) is 9.78 Å². The van der Waals surface area contributed by atoms with Crippen molar-refractivity contribution in [1.29, 1.82) is 0 Å². The second-order valence-corrected chi connectivity index (χ2v) is 3.64. The molecule has 5 heteroatoms. The van der Waals surface area contributed by atoms with Gasteiger partial charge in [-0.1, -0.05) is 30.3 Å². The number of hydrogen-bond acceptors (Lipinski definition) is 2. The first kappa shape index (κ1) is 12.3. The molecular formula is C13H8F3NO. The lowest BCUT2D eigenvalue weighted by Crippen LogP contribution is -2.07. The Balaban J connectivity index is 2.61. The first-order chi connectivity index (χ1) is 8.52. The number of pyridine rings is 1. The molecule has 0 aliphatic carbocycles. The van der Waals surface area contributed by atoms with Crippen molar-refractivity contribution < 1.29 is 18.0 Å². The number of carbonyl (C=O) groups excluding carboxylic acids is 1. The second kappa shape index (κ2) is 4.60. The number of rotatable bonds is 2. The summed E-state index contributed by atoms with van der Waals surface area (Å²) < 4.78 is 37.8. The van der Waals surface area contributed by atoms with Gasteiger partial charge in [0.05, 0.1) is 5.56 Å². The van der Waals surface area contributed by atoms with Crippen LogP contribution in [0.25, 0.3) is 11.1 Å². The molecule has 0 spiro atoms. The summed E-state index contributed by atoms with van der Waals surface area (Å²) in [7, 11) is 0. The average molecular weight is 251 g/mol. The van der Waals surface area contributed by atoms with Gasteiger partial charge in [0.25, 0.3) is 0 Å². The standard InChI is InChI=1S/C13H8F3NO/c14-13(15,16)10-6-11(12(8-18)17-7-10)9-4-2-1-3-5-9/h1-8H. The molecule has 0 fully saturated rings. The topological polar surface area (TPSA) is 30.0 Å². The molecule has 1 heterocycles. The van der Waals surface area contributed by atoms with Crippen molar-refractivity contribution in [3.8, 4) is 11.1 Å². The van der Waals surface area contributed by atoms with Crippen molar-refractivity contribution in [2.75, 3.05) is 0 Å². The molecule has 0 saturated heterocycles. The van der Waals surface area contributed by atoms with Gasteiger partial charge < -0.3 is 0 Å². The van der Waals surface area contributed by atoms with E-state index in [2.05, 4.69) is 4.98 Å². The van der Waals surface area contributed by atoms with Crippen LogP contribution >= 0.6 is 0 Å². The number of hydrogen-bond donors (Lipinski definition) is 0. The maximum atomic E-state index is 12.6. The van der Waals surface area contributed by atoms with Crippen LogP contribution in [0.2, 0.25) is 0 Å². The monoisotopic (exact) mass is 251 g/mol. The summed E-state index contributed by atoms with van der Waals surface area (Å²) in [6.45, 7) is 0. The highest BCUT2D eigenvalue weighted by molar-refractivity contribution is 5.85. The van der Waals surface area contributed by atoms with Crippen LogP contribution in [-0.4, -0.2) is 11.3 Å². The largest absolute Gasteiger partial charge is 0.417 e. The van der Waals surface area contributed by atoms with Crippen LogP contribution in [0.15, 0.2) is 42.6 Å². The van der Waals surface area contributed by atoms with Crippen LogP contribution < -0.4 is 0 Å². The van der Waals surface area contributed by atoms with Crippen LogP contribution in [0.4, 0.5) is 13.2 Å². The van der Waals surface area contributed by atoms with Gasteiger partial charge >= 0.3 is 6.18 Å². The van der Waals surface area contributed by atoms with E-state index in [1.165, 1.54) is 0 Å². The molecule has 0 radical (unpaired) electrons. The van der Waals surface area contributed by atoms with E-state index in [1.54, 1.807) is 30.3 Å². The predicted molar refractivity (Wildman–Crippen MR) is 60.1 cm³/mol. The molecule has 0 saturated carbocycles. The first-order valence-electron chi connectivity index (χ1n) is 5.10. The Morgan fingerprint density at radius 3 is 2.33 bits per heavy atom. The molecule has 0 unspecified atom stereocenters. The second-order valence-electron chi connectivity index (χ2n) is 3.64. The fourth-order valence-corrected chi connectivity index (χ4v) is 1.57. The van der Waals surface area contributed by atoms with Gasteiger partial charge in [-0.15, -0.1) is 0 Å². The number of aldehydes is 1. The van der Waals surface area contributed by atoms with Crippen molar-refractivity contribution in [1.82, 2.24) is 4.98 Å². The van der Waals surface area contributed by atoms with E-state index >= 15 is 0 Å². The molecule has 0 atom stereocenters. The lowest BCUT2D eigenvalue weighted by atomic mass is 10.0. The number of benzene rings is 1. The molecule has 18 heavy (non-hydrogen) atoms. The number of nitrogens with zero attached hydrogens (tertiary/aromatic N) is 1. The minimum atomic E-state index is -4.47. The normalized spacial score (nSPS) is 11.3. The Hall–Kier alpha value is -2.17. The smallest absolute Gasteiger partial charge is 0.296 e. The summed E-state index contributed by atoms with van der Waals surface area (Å²) in [6.07, 6.45) is -3.36. The Morgan fingerprint density at radius 2 is 1.78 bits per heavy atom. The zero-order valence-electron chi connectivity index (χ0n) is 9.11. The molecule has 0 bridgehead atoms. The molecule has 1 aromatic heterocycles. The molecule has 92 valence electrons. The fourth-order valence-electron chi connectivity index (χ4n) is 1.57. The van der Waals surface area contributed by atoms with Crippen molar-refractivity contribution in [2.24, 2.45) is 0 Å². The third-order valence-electron chi connectivity index (χ3n) is 2.44. The molecular weight excluding hydrogens is 243 g/mol. The summed E-state index contributed by atoms with van der Waals surface area (Å²) >= 11 is 0. The number of alkyl halides is 3. The molecule has 0 N–H and O–H groups in total. The van der Waals surface area contributed by atoms with E-state index in [0.717, 1.165) is 6.07 Å². The Bertz CT molecular complexity index is 564. The fraction of sp³-hybridized carbons (Fsp3) is 0.0769. The lowest BCUT2D eigenvalue weighted by molar-refractivity contribution is -0.137. The summed E-state index contributed by atoms with van der Waals surface area (Å²) in [5.41, 5.74) is -0.167. The molecule has 0 aliphatic rings. The van der Waals surface area contributed by atoms with Gasteiger partial charge in [-0.2, -0.15) is 13.2 Å². The van der Waals surface area contributed by atoms with E-state index in [4.69, 9.17) is 0 Å². The number of carbonyl (C=O) groups is 1. The highest BCUT2D eigenvalue weighted by Crippen LogP contribution is 2.32. The number of aromatic nitrogens is 1. The van der Waals surface area contributed by atoms with Crippen LogP contribution in [0.1, 0.15) is 16.1 Å². The molecule has 0 amide bonds. The molecule has 2 aromatic rings. The first-order valence-corrected chi connectivity index (χ1v) is 5.10. The zero-order chi connectivity index (χ0) is 13.2. The lowest BCUT2D eigenvalue weighted by Gasteiger charge is -2.10. The van der Waals surface area contributed by atoms with E-state index in [1.807, 2.05) is 0 Å². The maximum Gasteiger partial charge on any atom is 0.417 e. The minimum Gasteiger partial charge on any atom is -0.296 e. The van der Waals surface area contributed by atoms with Crippen molar-refractivity contribution in [3.05, 3.63) is 53.9 Å². The van der Waals surface area contributed by atoms with Crippen LogP contribution in [-0.2, 0) is 6.18 Å². The van der Waals surface area contributed by atoms with Gasteiger partial charge in [0.1, 0.15) is 5.69 Å². The van der Waals surface area contributed by atoms with Crippen LogP contribution in [0.5, 0.6) is 0 Å². The molecule has 0 aliphatic heterocycles. The Morgan fingerprint density at radius 1 is 1.11 bits per heavy atom. The third kappa shape index (κ3) is 2.40.